The SMILES string of the molecule is CCC[C@H](NC(=O)[C@@H](NC(=O)[C@H](NC(=O)[C@@H](NC(=O)CNC(=O)CN(C)C(=O)C1CCCCC1)C(C)C)[C@@H](C)CC)[C@@H](C)O)C(=O)N[C@H](C(=O)N[C@@H](CCCN=C(N)N)C(=O)N1CCC[C@H]1C(=O)NCC)[C@@H](C)CC. The van der Waals surface area contributed by atoms with E-state index in [0.29, 0.717) is 51.6 Å². The van der Waals surface area contributed by atoms with Crippen molar-refractivity contribution in [3.63, 3.8) is 0 Å². The highest BCUT2D eigenvalue weighted by atomic mass is 16.3. The van der Waals surface area contributed by atoms with Crippen molar-refractivity contribution >= 4 is 65.0 Å². The number of likely N-dealkylation sites (tertiary alicyclic amines) is 1. The number of guanidine groups is 1. The first-order chi connectivity index (χ1) is 35.4. The molecule has 10 amide bonds. The van der Waals surface area contributed by atoms with Gasteiger partial charge in [0.15, 0.2) is 5.96 Å². The minimum Gasteiger partial charge on any atom is -0.391 e. The molecule has 2 fully saturated rings. The summed E-state index contributed by atoms with van der Waals surface area (Å²) < 4.78 is 0. The first kappa shape index (κ1) is 65.0. The third kappa shape index (κ3) is 21.2. The van der Waals surface area contributed by atoms with E-state index in [1.807, 2.05) is 6.92 Å². The van der Waals surface area contributed by atoms with Crippen molar-refractivity contribution in [2.45, 2.75) is 194 Å². The van der Waals surface area contributed by atoms with Gasteiger partial charge in [-0.25, -0.2) is 0 Å². The van der Waals surface area contributed by atoms with Crippen LogP contribution >= 0.6 is 0 Å². The number of nitrogens with one attached hydrogen (secondary N) is 8. The summed E-state index contributed by atoms with van der Waals surface area (Å²) in [5.74, 6) is -7.76. The largest absolute Gasteiger partial charge is 0.391 e. The van der Waals surface area contributed by atoms with Crippen molar-refractivity contribution in [2.24, 2.45) is 40.1 Å². The van der Waals surface area contributed by atoms with Crippen LogP contribution in [0.15, 0.2) is 4.99 Å². The molecule has 2 aliphatic rings. The van der Waals surface area contributed by atoms with Gasteiger partial charge in [0, 0.05) is 32.6 Å². The predicted molar refractivity (Wildman–Crippen MR) is 282 cm³/mol. The van der Waals surface area contributed by atoms with Crippen molar-refractivity contribution in [1.29, 1.82) is 0 Å². The first-order valence-corrected chi connectivity index (χ1v) is 27.1. The number of nitrogens with zero attached hydrogens (tertiary/aromatic N) is 3. The molecule has 0 bridgehead atoms. The van der Waals surface area contributed by atoms with Gasteiger partial charge in [-0.15, -0.1) is 0 Å². The Balaban J connectivity index is 2.23. The van der Waals surface area contributed by atoms with Gasteiger partial charge in [-0.05, 0) is 76.5 Å². The smallest absolute Gasteiger partial charge is 0.245 e. The lowest BCUT2D eigenvalue weighted by Gasteiger charge is -2.32. The van der Waals surface area contributed by atoms with Gasteiger partial charge >= 0.3 is 0 Å². The summed E-state index contributed by atoms with van der Waals surface area (Å²) in [5, 5.41) is 32.2. The van der Waals surface area contributed by atoms with E-state index in [0.717, 1.165) is 32.1 Å². The number of nitrogens with two attached hydrogens (primary N) is 2. The van der Waals surface area contributed by atoms with E-state index in [4.69, 9.17) is 11.5 Å². The van der Waals surface area contributed by atoms with Crippen LogP contribution in [0.1, 0.15) is 146 Å². The number of amides is 10. The molecule has 0 unspecified atom stereocenters. The zero-order chi connectivity index (χ0) is 56.5. The number of aliphatic imine (C=N–C) groups is 1. The molecule has 1 heterocycles. The van der Waals surface area contributed by atoms with E-state index < -0.39 is 120 Å². The van der Waals surface area contributed by atoms with Gasteiger partial charge in [-0.3, -0.25) is 52.9 Å². The van der Waals surface area contributed by atoms with Crippen molar-refractivity contribution in [3.05, 3.63) is 0 Å². The number of hydrogen-bond acceptors (Lipinski definition) is 12. The quantitative estimate of drug-likeness (QED) is 0.0230. The zero-order valence-electron chi connectivity index (χ0n) is 46.2. The van der Waals surface area contributed by atoms with E-state index in [1.165, 1.54) is 16.7 Å². The number of likely N-dealkylation sites (N-methyl/N-ethyl adjacent to an activating group) is 2. The van der Waals surface area contributed by atoms with Crippen molar-refractivity contribution < 1.29 is 53.1 Å². The average molecular weight is 1060 g/mol. The van der Waals surface area contributed by atoms with Crippen LogP contribution in [0, 0.1) is 23.7 Å². The van der Waals surface area contributed by atoms with Gasteiger partial charge in [0.25, 0.3) is 0 Å². The maximum Gasteiger partial charge on any atom is 0.245 e. The molecule has 1 aliphatic heterocycles. The van der Waals surface area contributed by atoms with Gasteiger partial charge in [-0.2, -0.15) is 0 Å². The summed E-state index contributed by atoms with van der Waals surface area (Å²) in [7, 11) is 1.54. The molecule has 13 N–H and O–H groups in total. The number of rotatable bonds is 31. The highest BCUT2D eigenvalue weighted by molar-refractivity contribution is 5.98. The molecule has 24 heteroatoms. The summed E-state index contributed by atoms with van der Waals surface area (Å²) in [6.07, 6.45) is 5.78. The van der Waals surface area contributed by atoms with Crippen molar-refractivity contribution in [2.75, 3.05) is 39.8 Å². The third-order valence-corrected chi connectivity index (χ3v) is 14.0. The lowest BCUT2D eigenvalue weighted by molar-refractivity contribution is -0.142. The number of hydrogen-bond donors (Lipinski definition) is 11. The molecule has 426 valence electrons. The number of carbonyl (C=O) groups is 10. The van der Waals surface area contributed by atoms with Crippen LogP contribution in [0.25, 0.3) is 0 Å². The molecule has 75 heavy (non-hydrogen) atoms. The molecule has 0 aromatic heterocycles. The molecular formula is C51H91N13O11. The molecule has 0 aromatic rings. The molecule has 10 atom stereocenters. The molecule has 24 nitrogen and oxygen atoms in total. The van der Waals surface area contributed by atoms with Crippen molar-refractivity contribution in [1.82, 2.24) is 52.3 Å². The van der Waals surface area contributed by atoms with Crippen LogP contribution in [0.4, 0.5) is 0 Å². The van der Waals surface area contributed by atoms with Crippen LogP contribution in [0.2, 0.25) is 0 Å². The topological polar surface area (TPSA) is 358 Å². The van der Waals surface area contributed by atoms with E-state index in [-0.39, 0.29) is 49.6 Å². The lowest BCUT2D eigenvalue weighted by Crippen LogP contribution is -2.63. The monoisotopic (exact) mass is 1060 g/mol. The minimum atomic E-state index is -1.62. The molecule has 0 radical (unpaired) electrons. The number of aliphatic hydroxyl groups is 1. The Morgan fingerprint density at radius 3 is 1.73 bits per heavy atom. The summed E-state index contributed by atoms with van der Waals surface area (Å²) in [5.41, 5.74) is 11.0. The van der Waals surface area contributed by atoms with Crippen LogP contribution in [0.3, 0.4) is 0 Å². The average Bonchev–Trinajstić information content (AvgIpc) is 3.87. The fraction of sp³-hybridized carbons (Fsp3) is 0.784. The minimum absolute atomic E-state index is 0.0870. The molecule has 1 saturated heterocycles. The van der Waals surface area contributed by atoms with Gasteiger partial charge in [0.2, 0.25) is 59.1 Å². The zero-order valence-corrected chi connectivity index (χ0v) is 46.2. The highest BCUT2D eigenvalue weighted by Crippen LogP contribution is 2.25. The van der Waals surface area contributed by atoms with Gasteiger partial charge in [-0.1, -0.05) is 87.0 Å². The van der Waals surface area contributed by atoms with E-state index in [2.05, 4.69) is 47.5 Å². The van der Waals surface area contributed by atoms with E-state index in [1.54, 1.807) is 55.5 Å². The Bertz CT molecular complexity index is 1960. The second kappa shape index (κ2) is 33.1. The molecule has 0 aromatic carbocycles. The number of aliphatic hydroxyl groups excluding tert-OH is 1. The first-order valence-electron chi connectivity index (χ1n) is 27.1. The molecule has 1 aliphatic carbocycles. The maximum atomic E-state index is 14.2. The fourth-order valence-corrected chi connectivity index (χ4v) is 9.13. The van der Waals surface area contributed by atoms with Crippen molar-refractivity contribution in [3.8, 4) is 0 Å². The summed E-state index contributed by atoms with van der Waals surface area (Å²) in [4.78, 5) is 143. The van der Waals surface area contributed by atoms with Gasteiger partial charge < -0.3 is 68.9 Å². The Kier molecular flexibility index (Phi) is 28.7. The Morgan fingerprint density at radius 2 is 1.19 bits per heavy atom. The normalized spacial score (nSPS) is 18.2. The van der Waals surface area contributed by atoms with Gasteiger partial charge in [0.1, 0.15) is 42.3 Å². The molecule has 1 saturated carbocycles. The van der Waals surface area contributed by atoms with Crippen LogP contribution in [0.5, 0.6) is 0 Å². The Morgan fingerprint density at radius 1 is 0.640 bits per heavy atom. The summed E-state index contributed by atoms with van der Waals surface area (Å²) in [6, 6.07) is -8.31. The Hall–Kier alpha value is -6.07. The van der Waals surface area contributed by atoms with Gasteiger partial charge in [0.05, 0.1) is 19.2 Å². The molecule has 0 spiro atoms. The third-order valence-electron chi connectivity index (χ3n) is 14.0. The number of carbonyl (C=O) groups excluding carboxylic acids is 10. The molecular weight excluding hydrogens is 971 g/mol. The lowest BCUT2D eigenvalue weighted by atomic mass is 9.88. The van der Waals surface area contributed by atoms with Crippen LogP contribution in [-0.2, 0) is 47.9 Å². The second-order valence-corrected chi connectivity index (χ2v) is 20.5. The van der Waals surface area contributed by atoms with E-state index >= 15 is 0 Å². The standard InChI is InChI=1S/C51H91N13O11/c1-11-20-34(43(68)60-40(30(7)12-2)46(71)58-35(23-18-25-55-51(52)53)50(75)64-26-19-24-36(64)44(69)54-14-4)57-48(73)42(32(9)65)62-47(72)41(31(8)13-3)61-45(70)39(29(5)6)59-37(66)27-56-38(67)28-63(10)49(74)33-21-16-15-17-22-33/h29-36,39-42,65H,11-28H2,1-10H3,(H,54,69)(H,56,67)(H,57,73)(H,58,71)(H,59,66)(H,60,68)(H,61,70)(H,62,72)(H4,52,53,55)/t30-,31-,32+,34-,35-,36-,39-,40-,41+,42-/m0/s1. The maximum absolute atomic E-state index is 14.2. The van der Waals surface area contributed by atoms with Crippen LogP contribution in [-0.4, -0.2) is 168 Å². The second-order valence-electron chi connectivity index (χ2n) is 20.5. The predicted octanol–water partition coefficient (Wildman–Crippen LogP) is -0.840. The Labute approximate surface area is 443 Å². The van der Waals surface area contributed by atoms with Crippen LogP contribution < -0.4 is 54.0 Å². The summed E-state index contributed by atoms with van der Waals surface area (Å²) in [6.45, 7) is 15.3. The van der Waals surface area contributed by atoms with E-state index in [9.17, 15) is 53.1 Å². The fourth-order valence-electron chi connectivity index (χ4n) is 9.13. The summed E-state index contributed by atoms with van der Waals surface area (Å²) >= 11 is 0. The highest BCUT2D eigenvalue weighted by Gasteiger charge is 2.40. The molecule has 2 rings (SSSR count).